The van der Waals surface area contributed by atoms with Crippen LogP contribution >= 0.6 is 0 Å². The summed E-state index contributed by atoms with van der Waals surface area (Å²) in [5.41, 5.74) is 0.885. The van der Waals surface area contributed by atoms with E-state index in [0.717, 1.165) is 5.56 Å². The normalized spacial score (nSPS) is 15.1. The summed E-state index contributed by atoms with van der Waals surface area (Å²) in [7, 11) is -3.70. The van der Waals surface area contributed by atoms with Gasteiger partial charge in [0, 0.05) is 38.2 Å². The third-order valence-electron chi connectivity index (χ3n) is 6.64. The van der Waals surface area contributed by atoms with Gasteiger partial charge in [-0.25, -0.2) is 13.4 Å². The number of ether oxygens (including phenoxy) is 1. The highest BCUT2D eigenvalue weighted by molar-refractivity contribution is 7.89. The molecule has 11 heteroatoms. The molecule has 1 N–H and O–H groups in total. The summed E-state index contributed by atoms with van der Waals surface area (Å²) in [6, 6.07) is 21.6. The van der Waals surface area contributed by atoms with E-state index in [0.29, 0.717) is 5.69 Å². The molecule has 0 saturated carbocycles. The predicted molar refractivity (Wildman–Crippen MR) is 158 cm³/mol. The first-order chi connectivity index (χ1) is 19.9. The molecule has 2 amide bonds. The molecule has 1 atom stereocenters. The number of hydrogen-bond donors (Lipinski definition) is 1. The topological polar surface area (TPSA) is 126 Å². The van der Waals surface area contributed by atoms with Gasteiger partial charge in [0.1, 0.15) is 17.3 Å². The number of amides is 2. The Labute approximate surface area is 246 Å². The summed E-state index contributed by atoms with van der Waals surface area (Å²) in [5.74, 6) is -1.44. The van der Waals surface area contributed by atoms with E-state index in [1.807, 2.05) is 30.3 Å². The number of esters is 1. The Morgan fingerprint density at radius 2 is 1.50 bits per heavy atom. The Hall–Kier alpha value is -4.09. The van der Waals surface area contributed by atoms with Crippen LogP contribution in [-0.2, 0) is 24.3 Å². The highest BCUT2D eigenvalue weighted by Gasteiger charge is 2.34. The maximum atomic E-state index is 13.6. The summed E-state index contributed by atoms with van der Waals surface area (Å²) in [6.45, 7) is 5.76. The molecule has 1 aromatic heterocycles. The molecule has 2 aromatic carbocycles. The largest absolute Gasteiger partial charge is 0.460 e. The lowest BCUT2D eigenvalue weighted by Gasteiger charge is -2.36. The van der Waals surface area contributed by atoms with E-state index in [2.05, 4.69) is 10.3 Å². The monoisotopic (exact) mass is 592 g/mol. The van der Waals surface area contributed by atoms with Crippen molar-refractivity contribution in [3.8, 4) is 11.3 Å². The highest BCUT2D eigenvalue weighted by Crippen LogP contribution is 2.20. The molecule has 222 valence electrons. The van der Waals surface area contributed by atoms with Gasteiger partial charge in [0.15, 0.2) is 0 Å². The van der Waals surface area contributed by atoms with Crippen molar-refractivity contribution in [3.63, 3.8) is 0 Å². The van der Waals surface area contributed by atoms with Crippen LogP contribution in [0.25, 0.3) is 11.3 Å². The van der Waals surface area contributed by atoms with Gasteiger partial charge in [-0.05, 0) is 51.5 Å². The molecule has 42 heavy (non-hydrogen) atoms. The fraction of sp³-hybridized carbons (Fsp3) is 0.355. The van der Waals surface area contributed by atoms with E-state index in [1.165, 1.54) is 21.3 Å². The Balaban J connectivity index is 1.47. The van der Waals surface area contributed by atoms with Gasteiger partial charge in [0.2, 0.25) is 15.9 Å². The van der Waals surface area contributed by atoms with Crippen molar-refractivity contribution >= 4 is 27.8 Å². The van der Waals surface area contributed by atoms with Crippen LogP contribution < -0.4 is 5.32 Å². The lowest BCUT2D eigenvalue weighted by atomic mass is 10.1. The average Bonchev–Trinajstić information content (AvgIpc) is 2.99. The van der Waals surface area contributed by atoms with E-state index >= 15 is 0 Å². The number of nitrogens with one attached hydrogen (secondary N) is 1. The number of sulfonamides is 1. The van der Waals surface area contributed by atoms with Crippen LogP contribution in [0.3, 0.4) is 0 Å². The molecule has 1 aliphatic rings. The summed E-state index contributed by atoms with van der Waals surface area (Å²) in [4.78, 5) is 45.6. The third kappa shape index (κ3) is 8.01. The first-order valence-corrected chi connectivity index (χ1v) is 15.3. The van der Waals surface area contributed by atoms with Gasteiger partial charge in [-0.1, -0.05) is 54.6 Å². The lowest BCUT2D eigenvalue weighted by Crippen LogP contribution is -2.56. The Bertz CT molecular complexity index is 1500. The first-order valence-electron chi connectivity index (χ1n) is 13.8. The molecule has 1 saturated heterocycles. The van der Waals surface area contributed by atoms with Crippen LogP contribution in [0.2, 0.25) is 0 Å². The molecule has 1 fully saturated rings. The number of rotatable bonds is 9. The van der Waals surface area contributed by atoms with Crippen LogP contribution in [-0.4, -0.2) is 78.2 Å². The van der Waals surface area contributed by atoms with E-state index in [-0.39, 0.29) is 49.6 Å². The average molecular weight is 593 g/mol. The number of piperazine rings is 1. The second-order valence-electron chi connectivity index (χ2n) is 11.0. The minimum absolute atomic E-state index is 0.0143. The minimum Gasteiger partial charge on any atom is -0.460 e. The van der Waals surface area contributed by atoms with Crippen molar-refractivity contribution in [2.75, 3.05) is 26.2 Å². The second kappa shape index (κ2) is 13.3. The highest BCUT2D eigenvalue weighted by atomic mass is 32.2. The van der Waals surface area contributed by atoms with Crippen LogP contribution in [0, 0.1) is 0 Å². The number of carbonyl (C=O) groups is 3. The zero-order chi connectivity index (χ0) is 30.3. The predicted octanol–water partition coefficient (Wildman–Crippen LogP) is 3.50. The number of hydrogen-bond acceptors (Lipinski definition) is 7. The van der Waals surface area contributed by atoms with Crippen molar-refractivity contribution in [3.05, 3.63) is 84.6 Å². The van der Waals surface area contributed by atoms with Crippen LogP contribution in [0.4, 0.5) is 0 Å². The van der Waals surface area contributed by atoms with Crippen molar-refractivity contribution < 1.29 is 27.5 Å². The zero-order valence-corrected chi connectivity index (χ0v) is 24.8. The van der Waals surface area contributed by atoms with Gasteiger partial charge >= 0.3 is 5.97 Å². The second-order valence-corrected chi connectivity index (χ2v) is 12.9. The molecular weight excluding hydrogens is 556 g/mol. The number of pyridine rings is 1. The molecule has 0 aliphatic carbocycles. The molecule has 0 unspecified atom stereocenters. The number of carbonyl (C=O) groups excluding carboxylic acids is 3. The number of nitrogens with zero attached hydrogens (tertiary/aromatic N) is 3. The fourth-order valence-corrected chi connectivity index (χ4v) is 6.03. The third-order valence-corrected chi connectivity index (χ3v) is 8.56. The van der Waals surface area contributed by atoms with Crippen molar-refractivity contribution in [2.24, 2.45) is 0 Å². The van der Waals surface area contributed by atoms with Gasteiger partial charge in [-0.15, -0.1) is 0 Å². The molecule has 2 heterocycles. The van der Waals surface area contributed by atoms with Crippen molar-refractivity contribution in [2.45, 2.75) is 50.2 Å². The van der Waals surface area contributed by atoms with Gasteiger partial charge in [-0.3, -0.25) is 14.4 Å². The Morgan fingerprint density at radius 3 is 2.12 bits per heavy atom. The summed E-state index contributed by atoms with van der Waals surface area (Å²) >= 11 is 0. The SMILES string of the molecule is CC(C)(C)OC(=O)CC[C@H](NC(=O)c1cccc(-c2ccccc2)n1)C(=O)N1CCN(S(=O)(=O)c2ccccc2)CC1. The van der Waals surface area contributed by atoms with E-state index < -0.39 is 39.4 Å². The molecular formula is C31H36N4O6S. The van der Waals surface area contributed by atoms with Crippen LogP contribution in [0.15, 0.2) is 83.8 Å². The molecule has 0 bridgehead atoms. The smallest absolute Gasteiger partial charge is 0.306 e. The number of benzene rings is 2. The fourth-order valence-electron chi connectivity index (χ4n) is 4.59. The maximum Gasteiger partial charge on any atom is 0.306 e. The summed E-state index contributed by atoms with van der Waals surface area (Å²) < 4.78 is 32.8. The van der Waals surface area contributed by atoms with E-state index in [4.69, 9.17) is 4.74 Å². The zero-order valence-electron chi connectivity index (χ0n) is 24.0. The molecule has 0 radical (unpaired) electrons. The summed E-state index contributed by atoms with van der Waals surface area (Å²) in [5, 5.41) is 2.76. The minimum atomic E-state index is -3.70. The molecule has 10 nitrogen and oxygen atoms in total. The Morgan fingerprint density at radius 1 is 0.881 bits per heavy atom. The lowest BCUT2D eigenvalue weighted by molar-refractivity contribution is -0.155. The van der Waals surface area contributed by atoms with Crippen LogP contribution in [0.1, 0.15) is 44.1 Å². The quantitative estimate of drug-likeness (QED) is 0.377. The van der Waals surface area contributed by atoms with E-state index in [1.54, 1.807) is 57.2 Å². The number of aromatic nitrogens is 1. The van der Waals surface area contributed by atoms with Gasteiger partial charge < -0.3 is 15.0 Å². The van der Waals surface area contributed by atoms with Gasteiger partial charge in [0.25, 0.3) is 5.91 Å². The maximum absolute atomic E-state index is 13.6. The van der Waals surface area contributed by atoms with E-state index in [9.17, 15) is 22.8 Å². The standard InChI is InChI=1S/C31H36N4O6S/c1-31(2,3)41-28(36)18-17-27(33-29(37)26-16-10-15-25(32-26)23-11-6-4-7-12-23)30(38)34-19-21-35(22-20-34)42(39,40)24-13-8-5-9-14-24/h4-16,27H,17-22H2,1-3H3,(H,33,37)/t27-/m0/s1. The molecule has 3 aromatic rings. The van der Waals surface area contributed by atoms with Gasteiger partial charge in [-0.2, -0.15) is 4.31 Å². The van der Waals surface area contributed by atoms with Crippen molar-refractivity contribution in [1.29, 1.82) is 0 Å². The van der Waals surface area contributed by atoms with Crippen molar-refractivity contribution in [1.82, 2.24) is 19.5 Å². The van der Waals surface area contributed by atoms with Crippen LogP contribution in [0.5, 0.6) is 0 Å². The molecule has 0 spiro atoms. The molecule has 4 rings (SSSR count). The van der Waals surface area contributed by atoms with Gasteiger partial charge in [0.05, 0.1) is 10.6 Å². The Kier molecular flexibility index (Phi) is 9.74. The molecule has 1 aliphatic heterocycles. The summed E-state index contributed by atoms with van der Waals surface area (Å²) in [6.07, 6.45) is -0.0752. The first kappa shape index (κ1) is 30.9.